The van der Waals surface area contributed by atoms with E-state index in [0.717, 1.165) is 55.1 Å². The summed E-state index contributed by atoms with van der Waals surface area (Å²) >= 11 is 1.52. The fourth-order valence-electron chi connectivity index (χ4n) is 3.33. The second-order valence-corrected chi connectivity index (χ2v) is 9.27. The van der Waals surface area contributed by atoms with Gasteiger partial charge in [-0.15, -0.1) is 0 Å². The van der Waals surface area contributed by atoms with Crippen molar-refractivity contribution in [1.82, 2.24) is 9.55 Å². The summed E-state index contributed by atoms with van der Waals surface area (Å²) in [7, 11) is 0. The second kappa shape index (κ2) is 9.67. The predicted molar refractivity (Wildman–Crippen MR) is 120 cm³/mol. The molecule has 1 amide bonds. The molecular formula is C22H32N4O2S. The number of nitrogens with one attached hydrogen (secondary N) is 1. The van der Waals surface area contributed by atoms with Crippen molar-refractivity contribution >= 4 is 29.0 Å². The van der Waals surface area contributed by atoms with E-state index in [1.165, 1.54) is 17.5 Å². The van der Waals surface area contributed by atoms with E-state index < -0.39 is 0 Å². The molecule has 2 aromatic rings. The number of carbonyl (C=O) groups is 1. The van der Waals surface area contributed by atoms with Crippen molar-refractivity contribution in [2.75, 3.05) is 36.5 Å². The molecule has 0 aliphatic carbocycles. The van der Waals surface area contributed by atoms with Crippen LogP contribution < -0.4 is 10.2 Å². The highest BCUT2D eigenvalue weighted by atomic mass is 32.2. The number of thioether (sulfide) groups is 1. The number of anilines is 2. The lowest BCUT2D eigenvalue weighted by atomic mass is 10.2. The lowest BCUT2D eigenvalue weighted by molar-refractivity contribution is -0.115. The average Bonchev–Trinajstić information content (AvgIpc) is 2.96. The quantitative estimate of drug-likeness (QED) is 0.688. The molecular weight excluding hydrogens is 384 g/mol. The van der Waals surface area contributed by atoms with Crippen molar-refractivity contribution in [2.24, 2.45) is 5.92 Å². The molecule has 0 saturated carbocycles. The third-order valence-electron chi connectivity index (χ3n) is 5.13. The summed E-state index contributed by atoms with van der Waals surface area (Å²) in [6.07, 6.45) is 0. The normalized spacial score (nSPS) is 15.6. The van der Waals surface area contributed by atoms with Crippen LogP contribution in [0.15, 0.2) is 29.4 Å². The third-order valence-corrected chi connectivity index (χ3v) is 6.22. The summed E-state index contributed by atoms with van der Waals surface area (Å²) in [5.41, 5.74) is 4.18. The third kappa shape index (κ3) is 5.54. The van der Waals surface area contributed by atoms with Gasteiger partial charge in [0.15, 0.2) is 5.16 Å². The van der Waals surface area contributed by atoms with Gasteiger partial charge in [-0.1, -0.05) is 25.6 Å². The number of benzene rings is 1. The molecule has 1 atom stereocenters. The Kier molecular flexibility index (Phi) is 7.24. The fourth-order valence-corrected chi connectivity index (χ4v) is 4.34. The number of imidazole rings is 1. The lowest BCUT2D eigenvalue weighted by Crippen LogP contribution is -2.36. The maximum atomic E-state index is 12.7. The molecule has 1 saturated heterocycles. The van der Waals surface area contributed by atoms with Gasteiger partial charge in [-0.05, 0) is 51.0 Å². The molecule has 1 N–H and O–H groups in total. The largest absolute Gasteiger partial charge is 0.378 e. The van der Waals surface area contributed by atoms with Crippen LogP contribution in [-0.4, -0.2) is 47.0 Å². The summed E-state index contributed by atoms with van der Waals surface area (Å²) in [6.45, 7) is 14.7. The van der Waals surface area contributed by atoms with Gasteiger partial charge < -0.3 is 19.5 Å². The Morgan fingerprint density at radius 2 is 1.83 bits per heavy atom. The zero-order chi connectivity index (χ0) is 21.0. The summed E-state index contributed by atoms with van der Waals surface area (Å²) in [6, 6.07) is 8.05. The summed E-state index contributed by atoms with van der Waals surface area (Å²) < 4.78 is 7.63. The number of nitrogens with zero attached hydrogens (tertiary/aromatic N) is 3. The van der Waals surface area contributed by atoms with E-state index >= 15 is 0 Å². The van der Waals surface area contributed by atoms with Gasteiger partial charge in [0, 0.05) is 36.7 Å². The van der Waals surface area contributed by atoms with Crippen molar-refractivity contribution in [3.63, 3.8) is 0 Å². The van der Waals surface area contributed by atoms with E-state index in [-0.39, 0.29) is 11.2 Å². The summed E-state index contributed by atoms with van der Waals surface area (Å²) in [5, 5.41) is 3.71. The standard InChI is InChI=1S/C22H32N4O2S/c1-15(2)14-26-17(4)16(3)23-22(26)29-18(5)21(27)24-19-6-8-20(9-7-19)25-10-12-28-13-11-25/h6-9,15,18H,10-14H2,1-5H3,(H,24,27)/t18-/m1/s1. The minimum atomic E-state index is -0.235. The molecule has 1 aromatic carbocycles. The van der Waals surface area contributed by atoms with Gasteiger partial charge in [-0.2, -0.15) is 0 Å². The van der Waals surface area contributed by atoms with Crippen LogP contribution in [0.5, 0.6) is 0 Å². The summed E-state index contributed by atoms with van der Waals surface area (Å²) in [4.78, 5) is 19.7. The first-order chi connectivity index (χ1) is 13.8. The van der Waals surface area contributed by atoms with Gasteiger partial charge in [0.05, 0.1) is 24.2 Å². The maximum Gasteiger partial charge on any atom is 0.237 e. The number of hydrogen-bond acceptors (Lipinski definition) is 5. The molecule has 1 aliphatic heterocycles. The predicted octanol–water partition coefficient (Wildman–Crippen LogP) is 4.11. The fraction of sp³-hybridized carbons (Fsp3) is 0.545. The van der Waals surface area contributed by atoms with Gasteiger partial charge in [-0.3, -0.25) is 4.79 Å². The zero-order valence-corrected chi connectivity index (χ0v) is 18.9. The summed E-state index contributed by atoms with van der Waals surface area (Å²) in [5.74, 6) is 0.513. The minimum absolute atomic E-state index is 0.0106. The van der Waals surface area contributed by atoms with Crippen molar-refractivity contribution < 1.29 is 9.53 Å². The van der Waals surface area contributed by atoms with E-state index in [0.29, 0.717) is 5.92 Å². The molecule has 1 aliphatic rings. The molecule has 0 bridgehead atoms. The highest BCUT2D eigenvalue weighted by Gasteiger charge is 2.20. The van der Waals surface area contributed by atoms with Crippen molar-refractivity contribution in [3.8, 4) is 0 Å². The van der Waals surface area contributed by atoms with Gasteiger partial charge in [0.2, 0.25) is 5.91 Å². The van der Waals surface area contributed by atoms with Crippen molar-refractivity contribution in [3.05, 3.63) is 35.7 Å². The molecule has 0 radical (unpaired) electrons. The minimum Gasteiger partial charge on any atom is -0.378 e. The molecule has 158 valence electrons. The Labute approximate surface area is 178 Å². The highest BCUT2D eigenvalue weighted by molar-refractivity contribution is 8.00. The molecule has 0 spiro atoms. The van der Waals surface area contributed by atoms with E-state index in [1.54, 1.807) is 0 Å². The van der Waals surface area contributed by atoms with Crippen LogP contribution >= 0.6 is 11.8 Å². The average molecular weight is 417 g/mol. The lowest BCUT2D eigenvalue weighted by Gasteiger charge is -2.28. The topological polar surface area (TPSA) is 59.4 Å². The van der Waals surface area contributed by atoms with Crippen LogP contribution in [0.2, 0.25) is 0 Å². The Morgan fingerprint density at radius 3 is 2.45 bits per heavy atom. The number of hydrogen-bond donors (Lipinski definition) is 1. The molecule has 3 rings (SSSR count). The van der Waals surface area contributed by atoms with E-state index in [4.69, 9.17) is 4.74 Å². The van der Waals surface area contributed by atoms with Gasteiger partial charge in [-0.25, -0.2) is 4.98 Å². The second-order valence-electron chi connectivity index (χ2n) is 7.97. The van der Waals surface area contributed by atoms with Gasteiger partial charge in [0.1, 0.15) is 0 Å². The van der Waals surface area contributed by atoms with Crippen LogP contribution in [0.25, 0.3) is 0 Å². The first-order valence-corrected chi connectivity index (χ1v) is 11.2. The van der Waals surface area contributed by atoms with E-state index in [2.05, 4.69) is 52.7 Å². The number of amides is 1. The number of aromatic nitrogens is 2. The number of rotatable bonds is 7. The van der Waals surface area contributed by atoms with Crippen LogP contribution in [-0.2, 0) is 16.1 Å². The maximum absolute atomic E-state index is 12.7. The van der Waals surface area contributed by atoms with Gasteiger partial charge in [0.25, 0.3) is 0 Å². The van der Waals surface area contributed by atoms with Crippen LogP contribution in [0.1, 0.15) is 32.2 Å². The van der Waals surface area contributed by atoms with Crippen LogP contribution in [0.3, 0.4) is 0 Å². The molecule has 29 heavy (non-hydrogen) atoms. The van der Waals surface area contributed by atoms with Crippen LogP contribution in [0.4, 0.5) is 11.4 Å². The molecule has 6 nitrogen and oxygen atoms in total. The Bertz CT molecular complexity index is 826. The number of ether oxygens (including phenoxy) is 1. The Morgan fingerprint density at radius 1 is 1.17 bits per heavy atom. The smallest absolute Gasteiger partial charge is 0.237 e. The Hall–Kier alpha value is -1.99. The first-order valence-electron chi connectivity index (χ1n) is 10.3. The monoisotopic (exact) mass is 416 g/mol. The number of morpholine rings is 1. The van der Waals surface area contributed by atoms with Crippen molar-refractivity contribution in [1.29, 1.82) is 0 Å². The molecule has 1 aromatic heterocycles. The molecule has 0 unspecified atom stereocenters. The first kappa shape index (κ1) is 21.7. The number of aryl methyl sites for hydroxylation is 1. The molecule has 2 heterocycles. The van der Waals surface area contributed by atoms with E-state index in [1.807, 2.05) is 26.0 Å². The van der Waals surface area contributed by atoms with Gasteiger partial charge >= 0.3 is 0 Å². The zero-order valence-electron chi connectivity index (χ0n) is 18.1. The molecule has 1 fully saturated rings. The SMILES string of the molecule is Cc1nc(S[C@H](C)C(=O)Nc2ccc(N3CCOCC3)cc2)n(CC(C)C)c1C. The van der Waals surface area contributed by atoms with E-state index in [9.17, 15) is 4.79 Å². The number of carbonyl (C=O) groups excluding carboxylic acids is 1. The highest BCUT2D eigenvalue weighted by Crippen LogP contribution is 2.27. The molecule has 7 heteroatoms. The van der Waals surface area contributed by atoms with Crippen molar-refractivity contribution in [2.45, 2.75) is 51.6 Å². The van der Waals surface area contributed by atoms with Crippen LogP contribution in [0, 0.1) is 19.8 Å². The Balaban J connectivity index is 1.61.